The molecule has 8 nitrogen and oxygen atoms in total. The Morgan fingerprint density at radius 3 is 3.04 bits per heavy atom. The number of fused-ring (bicyclic) bond motifs is 1. The maximum Gasteiger partial charge on any atom is 0.163 e. The summed E-state index contributed by atoms with van der Waals surface area (Å²) in [7, 11) is 1.85. The lowest BCUT2D eigenvalue weighted by Crippen LogP contribution is -2.28. The third-order valence-corrected chi connectivity index (χ3v) is 4.48. The highest BCUT2D eigenvalue weighted by Gasteiger charge is 2.33. The molecule has 0 spiro atoms. The van der Waals surface area contributed by atoms with Crippen molar-refractivity contribution in [2.45, 2.75) is 31.5 Å². The number of hydrogen-bond donors (Lipinski definition) is 2. The predicted molar refractivity (Wildman–Crippen MR) is 84.7 cm³/mol. The average molecular weight is 313 g/mol. The fourth-order valence-corrected chi connectivity index (χ4v) is 3.35. The van der Waals surface area contributed by atoms with E-state index < -0.39 is 6.10 Å². The van der Waals surface area contributed by atoms with E-state index in [1.54, 1.807) is 17.1 Å². The highest BCUT2D eigenvalue weighted by molar-refractivity contribution is 5.86. The summed E-state index contributed by atoms with van der Waals surface area (Å²) < 4.78 is 3.64. The van der Waals surface area contributed by atoms with Crippen LogP contribution in [0, 0.1) is 5.92 Å². The Bertz CT molecular complexity index is 797. The number of aliphatic hydroxyl groups excluding tert-OH is 1. The van der Waals surface area contributed by atoms with Crippen LogP contribution in [0.1, 0.15) is 12.8 Å². The van der Waals surface area contributed by atoms with Gasteiger partial charge in [0.25, 0.3) is 0 Å². The fraction of sp³-hybridized carbons (Fsp3) is 0.467. The molecule has 0 radical (unpaired) electrons. The van der Waals surface area contributed by atoms with Gasteiger partial charge in [-0.15, -0.1) is 0 Å². The van der Waals surface area contributed by atoms with Gasteiger partial charge in [0.2, 0.25) is 0 Å². The first-order valence-electron chi connectivity index (χ1n) is 7.75. The van der Waals surface area contributed by atoms with Crippen LogP contribution >= 0.6 is 0 Å². The second kappa shape index (κ2) is 5.62. The SMILES string of the molecule is Cn1ncc2c(N[C@@H]3CC(Cn4cccn4)C[C@H]3O)ncnc21. The first-order chi connectivity index (χ1) is 11.2. The zero-order valence-electron chi connectivity index (χ0n) is 12.9. The minimum absolute atomic E-state index is 0.0196. The largest absolute Gasteiger partial charge is 0.391 e. The molecule has 3 atom stereocenters. The normalized spacial score (nSPS) is 24.3. The summed E-state index contributed by atoms with van der Waals surface area (Å²) in [5.41, 5.74) is 0.781. The molecule has 0 aromatic carbocycles. The first kappa shape index (κ1) is 14.1. The number of hydrogen-bond acceptors (Lipinski definition) is 6. The molecule has 3 heterocycles. The van der Waals surface area contributed by atoms with Gasteiger partial charge in [-0.3, -0.25) is 9.36 Å². The van der Waals surface area contributed by atoms with Gasteiger partial charge in [0.05, 0.1) is 23.7 Å². The quantitative estimate of drug-likeness (QED) is 0.740. The summed E-state index contributed by atoms with van der Waals surface area (Å²) in [6.45, 7) is 0.828. The lowest BCUT2D eigenvalue weighted by Gasteiger charge is -2.17. The topological polar surface area (TPSA) is 93.7 Å². The minimum atomic E-state index is -0.391. The van der Waals surface area contributed by atoms with E-state index in [4.69, 9.17) is 0 Å². The van der Waals surface area contributed by atoms with Crippen molar-refractivity contribution < 1.29 is 5.11 Å². The van der Waals surface area contributed by atoms with Crippen LogP contribution in [0.2, 0.25) is 0 Å². The molecule has 0 aliphatic heterocycles. The van der Waals surface area contributed by atoms with Gasteiger partial charge in [-0.25, -0.2) is 9.97 Å². The van der Waals surface area contributed by atoms with Crippen molar-refractivity contribution in [2.75, 3.05) is 5.32 Å². The van der Waals surface area contributed by atoms with Gasteiger partial charge in [0.1, 0.15) is 12.1 Å². The molecule has 2 N–H and O–H groups in total. The Morgan fingerprint density at radius 1 is 1.30 bits per heavy atom. The zero-order chi connectivity index (χ0) is 15.8. The average Bonchev–Trinajstić information content (AvgIpc) is 3.24. The van der Waals surface area contributed by atoms with E-state index in [1.165, 1.54) is 6.33 Å². The van der Waals surface area contributed by atoms with Crippen molar-refractivity contribution >= 4 is 16.9 Å². The van der Waals surface area contributed by atoms with Crippen molar-refractivity contribution in [3.63, 3.8) is 0 Å². The number of rotatable bonds is 4. The lowest BCUT2D eigenvalue weighted by atomic mass is 10.1. The predicted octanol–water partition coefficient (Wildman–Crippen LogP) is 0.811. The molecular formula is C15H19N7O. The van der Waals surface area contributed by atoms with Crippen LogP contribution in [0.5, 0.6) is 0 Å². The second-order valence-electron chi connectivity index (χ2n) is 6.11. The van der Waals surface area contributed by atoms with E-state index in [9.17, 15) is 5.11 Å². The van der Waals surface area contributed by atoms with Crippen molar-refractivity contribution in [1.29, 1.82) is 0 Å². The van der Waals surface area contributed by atoms with Crippen LogP contribution in [-0.2, 0) is 13.6 Å². The third-order valence-electron chi connectivity index (χ3n) is 4.48. The van der Waals surface area contributed by atoms with Crippen LogP contribution in [0.15, 0.2) is 31.0 Å². The lowest BCUT2D eigenvalue weighted by molar-refractivity contribution is 0.166. The zero-order valence-corrected chi connectivity index (χ0v) is 12.9. The number of aliphatic hydroxyl groups is 1. The van der Waals surface area contributed by atoms with Crippen LogP contribution in [0.4, 0.5) is 5.82 Å². The molecule has 3 aromatic rings. The highest BCUT2D eigenvalue weighted by Crippen LogP contribution is 2.30. The molecule has 0 saturated heterocycles. The van der Waals surface area contributed by atoms with Crippen LogP contribution < -0.4 is 5.32 Å². The first-order valence-corrected chi connectivity index (χ1v) is 7.75. The summed E-state index contributed by atoms with van der Waals surface area (Å²) in [5, 5.41) is 23.1. The van der Waals surface area contributed by atoms with Crippen LogP contribution in [0.3, 0.4) is 0 Å². The Morgan fingerprint density at radius 2 is 2.22 bits per heavy atom. The van der Waals surface area contributed by atoms with Gasteiger partial charge >= 0.3 is 0 Å². The van der Waals surface area contributed by atoms with Crippen molar-refractivity contribution in [3.8, 4) is 0 Å². The summed E-state index contributed by atoms with van der Waals surface area (Å²) >= 11 is 0. The summed E-state index contributed by atoms with van der Waals surface area (Å²) in [6, 6.07) is 1.90. The number of aryl methyl sites for hydroxylation is 1. The van der Waals surface area contributed by atoms with E-state index in [0.717, 1.165) is 36.2 Å². The molecule has 0 bridgehead atoms. The van der Waals surface area contributed by atoms with E-state index in [2.05, 4.69) is 25.5 Å². The Labute approximate surface area is 133 Å². The summed E-state index contributed by atoms with van der Waals surface area (Å²) in [4.78, 5) is 8.55. The Kier molecular flexibility index (Phi) is 3.45. The van der Waals surface area contributed by atoms with Gasteiger partial charge in [-0.1, -0.05) is 0 Å². The molecule has 1 saturated carbocycles. The third kappa shape index (κ3) is 2.65. The van der Waals surface area contributed by atoms with Gasteiger partial charge in [-0.2, -0.15) is 10.2 Å². The number of nitrogens with zero attached hydrogens (tertiary/aromatic N) is 6. The molecule has 1 aliphatic carbocycles. The monoisotopic (exact) mass is 313 g/mol. The molecular weight excluding hydrogens is 294 g/mol. The van der Waals surface area contributed by atoms with Gasteiger partial charge in [0, 0.05) is 26.0 Å². The summed E-state index contributed by atoms with van der Waals surface area (Å²) in [5.74, 6) is 1.13. The Hall–Kier alpha value is -2.48. The molecule has 120 valence electrons. The molecule has 0 amide bonds. The number of aromatic nitrogens is 6. The van der Waals surface area contributed by atoms with Crippen molar-refractivity contribution in [3.05, 3.63) is 31.0 Å². The molecule has 8 heteroatoms. The van der Waals surface area contributed by atoms with Crippen molar-refractivity contribution in [2.24, 2.45) is 13.0 Å². The maximum atomic E-state index is 10.4. The van der Waals surface area contributed by atoms with Gasteiger partial charge in [-0.05, 0) is 24.8 Å². The van der Waals surface area contributed by atoms with Gasteiger partial charge < -0.3 is 10.4 Å². The maximum absolute atomic E-state index is 10.4. The van der Waals surface area contributed by atoms with E-state index in [0.29, 0.717) is 5.92 Å². The van der Waals surface area contributed by atoms with Gasteiger partial charge in [0.15, 0.2) is 5.65 Å². The standard InChI is InChI=1S/C15H19N7O/c1-21-15-11(7-19-21)14(16-9-17-15)20-12-5-10(6-13(12)23)8-22-4-2-3-18-22/h2-4,7,9-10,12-13,23H,5-6,8H2,1H3,(H,16,17,20)/t10?,12-,13-/m1/s1. The van der Waals surface area contributed by atoms with Crippen molar-refractivity contribution in [1.82, 2.24) is 29.5 Å². The highest BCUT2D eigenvalue weighted by atomic mass is 16.3. The molecule has 23 heavy (non-hydrogen) atoms. The molecule has 4 rings (SSSR count). The smallest absolute Gasteiger partial charge is 0.163 e. The van der Waals surface area contributed by atoms with E-state index in [-0.39, 0.29) is 6.04 Å². The minimum Gasteiger partial charge on any atom is -0.391 e. The second-order valence-corrected chi connectivity index (χ2v) is 6.11. The van der Waals surface area contributed by atoms with E-state index in [1.807, 2.05) is 24.0 Å². The number of anilines is 1. The molecule has 1 fully saturated rings. The number of nitrogens with one attached hydrogen (secondary N) is 1. The molecule has 3 aromatic heterocycles. The molecule has 1 aliphatic rings. The molecule has 1 unspecified atom stereocenters. The van der Waals surface area contributed by atoms with Crippen LogP contribution in [-0.4, -0.2) is 46.8 Å². The Balaban J connectivity index is 1.50. The van der Waals surface area contributed by atoms with E-state index >= 15 is 0 Å². The van der Waals surface area contributed by atoms with Crippen LogP contribution in [0.25, 0.3) is 11.0 Å². The summed E-state index contributed by atoms with van der Waals surface area (Å²) in [6.07, 6.45) is 8.26. The fourth-order valence-electron chi connectivity index (χ4n) is 3.35.